The summed E-state index contributed by atoms with van der Waals surface area (Å²) in [5.74, 6) is 0.0717. The predicted octanol–water partition coefficient (Wildman–Crippen LogP) is 5.18. The van der Waals surface area contributed by atoms with Crippen LogP contribution in [-0.4, -0.2) is 51.9 Å². The number of hydrogen-bond acceptors (Lipinski definition) is 6. The highest BCUT2D eigenvalue weighted by Gasteiger charge is 2.29. The summed E-state index contributed by atoms with van der Waals surface area (Å²) in [6.45, 7) is 2.95. The number of anilines is 2. The van der Waals surface area contributed by atoms with Gasteiger partial charge in [0.1, 0.15) is 6.61 Å². The average molecular weight is 550 g/mol. The number of ether oxygens (including phenoxy) is 2. The van der Waals surface area contributed by atoms with Crippen molar-refractivity contribution in [3.63, 3.8) is 0 Å². The molecule has 4 rings (SSSR count). The van der Waals surface area contributed by atoms with Gasteiger partial charge in [-0.1, -0.05) is 23.2 Å². The number of amides is 1. The van der Waals surface area contributed by atoms with E-state index >= 15 is 0 Å². The molecule has 0 saturated carbocycles. The summed E-state index contributed by atoms with van der Waals surface area (Å²) in [5, 5.41) is 3.50. The largest absolute Gasteiger partial charge is 0.475 e. The van der Waals surface area contributed by atoms with Crippen molar-refractivity contribution < 1.29 is 22.7 Å². The molecule has 11 heteroatoms. The van der Waals surface area contributed by atoms with Crippen LogP contribution in [-0.2, 0) is 14.8 Å². The first kappa shape index (κ1) is 26.2. The molecule has 1 aliphatic heterocycles. The smallest absolute Gasteiger partial charge is 0.257 e. The molecule has 3 aromatic rings. The van der Waals surface area contributed by atoms with E-state index in [1.54, 1.807) is 50.6 Å². The minimum absolute atomic E-state index is 0.0800. The zero-order valence-corrected chi connectivity index (χ0v) is 22.1. The van der Waals surface area contributed by atoms with Gasteiger partial charge in [0.25, 0.3) is 5.91 Å². The standard InChI is InChI=1S/C25H25Cl2N3O5S/c1-16-10-21(30-6-3-9-36(30,32)33)14-22(24(16)27)25(31)29-20-12-18(11-19(26)13-20)17-4-5-23(28-15-17)35-8-7-34-2/h4-5,10-15H,3,6-9H2,1-2H3,(H,29,31). The number of methoxy groups -OCH3 is 1. The molecule has 1 fully saturated rings. The fourth-order valence-corrected chi connectivity index (χ4v) is 5.86. The maximum Gasteiger partial charge on any atom is 0.257 e. The molecular formula is C25H25Cl2N3O5S. The van der Waals surface area contributed by atoms with Crippen LogP contribution in [0.4, 0.5) is 11.4 Å². The minimum Gasteiger partial charge on any atom is -0.475 e. The SMILES string of the molecule is COCCOc1ccc(-c2cc(Cl)cc(NC(=O)c3cc(N4CCCS4(=O)=O)cc(C)c3Cl)c2)cn1. The molecule has 0 atom stereocenters. The van der Waals surface area contributed by atoms with Crippen molar-refractivity contribution in [2.45, 2.75) is 13.3 Å². The number of hydrogen-bond donors (Lipinski definition) is 1. The lowest BCUT2D eigenvalue weighted by atomic mass is 10.1. The average Bonchev–Trinajstić information content (AvgIpc) is 3.19. The third kappa shape index (κ3) is 5.92. The normalized spacial score (nSPS) is 14.6. The highest BCUT2D eigenvalue weighted by Crippen LogP contribution is 2.33. The van der Waals surface area contributed by atoms with Crippen LogP contribution < -0.4 is 14.4 Å². The van der Waals surface area contributed by atoms with Gasteiger partial charge in [0, 0.05) is 42.2 Å². The maximum absolute atomic E-state index is 13.2. The lowest BCUT2D eigenvalue weighted by Gasteiger charge is -2.19. The monoisotopic (exact) mass is 549 g/mol. The Bertz CT molecular complexity index is 1380. The molecule has 0 bridgehead atoms. The van der Waals surface area contributed by atoms with Crippen LogP contribution in [0.3, 0.4) is 0 Å². The second-order valence-electron chi connectivity index (χ2n) is 8.27. The van der Waals surface area contributed by atoms with Crippen LogP contribution in [0, 0.1) is 6.92 Å². The van der Waals surface area contributed by atoms with Crippen LogP contribution in [0.25, 0.3) is 11.1 Å². The lowest BCUT2D eigenvalue weighted by molar-refractivity contribution is 0.102. The number of aromatic nitrogens is 1. The summed E-state index contributed by atoms with van der Waals surface area (Å²) in [6.07, 6.45) is 2.19. The van der Waals surface area contributed by atoms with E-state index in [0.717, 1.165) is 11.1 Å². The van der Waals surface area contributed by atoms with Crippen molar-refractivity contribution in [1.82, 2.24) is 4.98 Å². The van der Waals surface area contributed by atoms with E-state index in [2.05, 4.69) is 10.3 Å². The van der Waals surface area contributed by atoms with Crippen LogP contribution in [0.15, 0.2) is 48.7 Å². The van der Waals surface area contributed by atoms with Crippen molar-refractivity contribution in [1.29, 1.82) is 0 Å². The van der Waals surface area contributed by atoms with Crippen molar-refractivity contribution in [2.75, 3.05) is 42.2 Å². The van der Waals surface area contributed by atoms with E-state index in [1.807, 2.05) is 6.07 Å². The Morgan fingerprint density at radius 1 is 1.11 bits per heavy atom. The quantitative estimate of drug-likeness (QED) is 0.388. The molecule has 2 heterocycles. The van der Waals surface area contributed by atoms with Gasteiger partial charge >= 0.3 is 0 Å². The number of benzene rings is 2. The zero-order chi connectivity index (χ0) is 25.9. The van der Waals surface area contributed by atoms with Crippen LogP contribution in [0.2, 0.25) is 10.0 Å². The number of pyridine rings is 1. The highest BCUT2D eigenvalue weighted by molar-refractivity contribution is 7.93. The molecule has 190 valence electrons. The molecular weight excluding hydrogens is 525 g/mol. The molecule has 1 aromatic heterocycles. The maximum atomic E-state index is 13.2. The van der Waals surface area contributed by atoms with Gasteiger partial charge in [-0.3, -0.25) is 9.10 Å². The van der Waals surface area contributed by atoms with E-state index < -0.39 is 15.9 Å². The Balaban J connectivity index is 1.57. The minimum atomic E-state index is -3.40. The molecule has 1 saturated heterocycles. The Labute approximate surface area is 220 Å². The van der Waals surface area contributed by atoms with Gasteiger partial charge in [0.15, 0.2) is 0 Å². The first-order valence-corrected chi connectivity index (χ1v) is 13.5. The highest BCUT2D eigenvalue weighted by atomic mass is 35.5. The molecule has 36 heavy (non-hydrogen) atoms. The van der Waals surface area contributed by atoms with Crippen LogP contribution >= 0.6 is 23.2 Å². The summed E-state index contributed by atoms with van der Waals surface area (Å²) >= 11 is 12.8. The van der Waals surface area contributed by atoms with Gasteiger partial charge in [0.05, 0.1) is 28.6 Å². The summed E-state index contributed by atoms with van der Waals surface area (Å²) < 4.78 is 36.5. The molecule has 8 nitrogen and oxygen atoms in total. The Morgan fingerprint density at radius 2 is 1.92 bits per heavy atom. The van der Waals surface area contributed by atoms with Gasteiger partial charge in [-0.25, -0.2) is 13.4 Å². The third-order valence-electron chi connectivity index (χ3n) is 5.63. The van der Waals surface area contributed by atoms with E-state index in [-0.39, 0.29) is 16.3 Å². The number of nitrogens with one attached hydrogen (secondary N) is 1. The molecule has 1 N–H and O–H groups in total. The number of sulfonamides is 1. The molecule has 1 aliphatic rings. The number of aryl methyl sites for hydroxylation is 1. The molecule has 0 unspecified atom stereocenters. The first-order valence-electron chi connectivity index (χ1n) is 11.2. The number of nitrogens with zero attached hydrogens (tertiary/aromatic N) is 2. The number of carbonyl (C=O) groups excluding carboxylic acids is 1. The van der Waals surface area contributed by atoms with E-state index in [9.17, 15) is 13.2 Å². The Morgan fingerprint density at radius 3 is 2.58 bits per heavy atom. The summed E-state index contributed by atoms with van der Waals surface area (Å²) in [4.78, 5) is 17.5. The molecule has 0 aliphatic carbocycles. The van der Waals surface area contributed by atoms with Crippen molar-refractivity contribution in [3.8, 4) is 17.0 Å². The van der Waals surface area contributed by atoms with Crippen LogP contribution in [0.1, 0.15) is 22.3 Å². The number of carbonyl (C=O) groups is 1. The van der Waals surface area contributed by atoms with Crippen molar-refractivity contribution in [3.05, 3.63) is 69.8 Å². The zero-order valence-electron chi connectivity index (χ0n) is 19.8. The van der Waals surface area contributed by atoms with E-state index in [0.29, 0.717) is 54.0 Å². The van der Waals surface area contributed by atoms with Crippen molar-refractivity contribution in [2.24, 2.45) is 0 Å². The van der Waals surface area contributed by atoms with Crippen molar-refractivity contribution >= 4 is 50.5 Å². The lowest BCUT2D eigenvalue weighted by Crippen LogP contribution is -2.25. The second-order valence-corrected chi connectivity index (χ2v) is 11.1. The molecule has 2 aromatic carbocycles. The number of halogens is 2. The second kappa shape index (κ2) is 11.0. The summed E-state index contributed by atoms with van der Waals surface area (Å²) in [5.41, 5.74) is 3.18. The number of rotatable bonds is 8. The summed E-state index contributed by atoms with van der Waals surface area (Å²) in [7, 11) is -1.81. The first-order chi connectivity index (χ1) is 17.2. The van der Waals surface area contributed by atoms with Gasteiger partial charge in [-0.15, -0.1) is 0 Å². The fraction of sp³-hybridized carbons (Fsp3) is 0.280. The van der Waals surface area contributed by atoms with Gasteiger partial charge in [-0.2, -0.15) is 0 Å². The third-order valence-corrected chi connectivity index (χ3v) is 8.22. The van der Waals surface area contributed by atoms with Gasteiger partial charge in [0.2, 0.25) is 15.9 Å². The summed E-state index contributed by atoms with van der Waals surface area (Å²) in [6, 6.07) is 11.9. The molecule has 1 amide bonds. The van der Waals surface area contributed by atoms with E-state index in [1.165, 1.54) is 10.4 Å². The Hall–Kier alpha value is -2.85. The fourth-order valence-electron chi connectivity index (χ4n) is 3.88. The van der Waals surface area contributed by atoms with E-state index in [4.69, 9.17) is 32.7 Å². The van der Waals surface area contributed by atoms with Gasteiger partial charge in [-0.05, 0) is 60.9 Å². The Kier molecular flexibility index (Phi) is 8.04. The molecule has 0 spiro atoms. The van der Waals surface area contributed by atoms with Crippen LogP contribution in [0.5, 0.6) is 5.88 Å². The topological polar surface area (TPSA) is 97.8 Å². The van der Waals surface area contributed by atoms with Gasteiger partial charge < -0.3 is 14.8 Å². The predicted molar refractivity (Wildman–Crippen MR) is 142 cm³/mol. The molecule has 0 radical (unpaired) electrons.